The van der Waals surface area contributed by atoms with Crippen LogP contribution in [0.25, 0.3) is 0 Å². The molecule has 27 heavy (non-hydrogen) atoms. The Hall–Kier alpha value is -2.85. The summed E-state index contributed by atoms with van der Waals surface area (Å²) in [6.07, 6.45) is 0.844. The highest BCUT2D eigenvalue weighted by atomic mass is 35.5. The summed E-state index contributed by atoms with van der Waals surface area (Å²) in [4.78, 5) is 22.0. The molecule has 0 unspecified atom stereocenters. The van der Waals surface area contributed by atoms with E-state index in [-0.39, 0.29) is 19.0 Å². The first kappa shape index (κ1) is 18.9. The highest BCUT2D eigenvalue weighted by Crippen LogP contribution is 2.40. The summed E-state index contributed by atoms with van der Waals surface area (Å²) < 4.78 is 38.8. The van der Waals surface area contributed by atoms with Crippen molar-refractivity contribution in [1.82, 2.24) is 0 Å². The summed E-state index contributed by atoms with van der Waals surface area (Å²) in [5.74, 6) is -0.0348. The number of fused-ring (bicyclic) bond motifs is 1. The third-order valence-electron chi connectivity index (χ3n) is 3.65. The number of nitro groups is 1. The van der Waals surface area contributed by atoms with Gasteiger partial charge in [0.1, 0.15) is 11.5 Å². The van der Waals surface area contributed by atoms with E-state index in [1.54, 1.807) is 6.07 Å². The van der Waals surface area contributed by atoms with Crippen LogP contribution in [0.15, 0.2) is 35.2 Å². The Balaban J connectivity index is 1.80. The van der Waals surface area contributed by atoms with E-state index in [1.165, 1.54) is 6.07 Å². The van der Waals surface area contributed by atoms with Crippen LogP contribution in [0.5, 0.6) is 11.5 Å². The lowest BCUT2D eigenvalue weighted by Gasteiger charge is -2.08. The number of nitro benzene ring substituents is 1. The summed E-state index contributed by atoms with van der Waals surface area (Å²) in [7, 11) is -3.82. The van der Waals surface area contributed by atoms with Gasteiger partial charge in [-0.3, -0.25) is 10.1 Å². The Morgan fingerprint density at radius 2 is 2.04 bits per heavy atom. The van der Waals surface area contributed by atoms with Crippen LogP contribution in [-0.2, 0) is 21.2 Å². The van der Waals surface area contributed by atoms with Crippen LogP contribution < -0.4 is 9.47 Å². The van der Waals surface area contributed by atoms with Crippen molar-refractivity contribution in [2.45, 2.75) is 11.5 Å². The molecule has 0 saturated heterocycles. The van der Waals surface area contributed by atoms with Crippen molar-refractivity contribution in [3.63, 3.8) is 0 Å². The van der Waals surface area contributed by atoms with Gasteiger partial charge >= 0.3 is 5.97 Å². The van der Waals surface area contributed by atoms with Gasteiger partial charge in [0.15, 0.2) is 21.3 Å². The molecule has 0 amide bonds. The Bertz CT molecular complexity index is 1050. The van der Waals surface area contributed by atoms with E-state index in [0.29, 0.717) is 22.1 Å². The highest BCUT2D eigenvalue weighted by Gasteiger charge is 2.25. The van der Waals surface area contributed by atoms with Gasteiger partial charge in [-0.15, -0.1) is 0 Å². The summed E-state index contributed by atoms with van der Waals surface area (Å²) in [5.41, 5.74) is -0.320. The van der Waals surface area contributed by atoms with E-state index >= 15 is 0 Å². The van der Waals surface area contributed by atoms with Crippen molar-refractivity contribution in [2.75, 3.05) is 13.0 Å². The fraction of sp³-hybridized carbons (Fsp3) is 0.188. The van der Waals surface area contributed by atoms with Crippen molar-refractivity contribution < 1.29 is 32.3 Å². The second kappa shape index (κ2) is 7.05. The number of esters is 1. The topological polar surface area (TPSA) is 122 Å². The predicted molar refractivity (Wildman–Crippen MR) is 92.9 cm³/mol. The minimum Gasteiger partial charge on any atom is -0.457 e. The smallest absolute Gasteiger partial charge is 0.338 e. The van der Waals surface area contributed by atoms with Crippen molar-refractivity contribution in [3.05, 3.63) is 56.6 Å². The van der Waals surface area contributed by atoms with Crippen LogP contribution in [0.3, 0.4) is 0 Å². The van der Waals surface area contributed by atoms with E-state index in [9.17, 15) is 23.3 Å². The number of carbonyl (C=O) groups is 1. The fourth-order valence-corrected chi connectivity index (χ4v) is 3.55. The molecule has 11 heteroatoms. The number of ether oxygens (including phenoxy) is 3. The van der Waals surface area contributed by atoms with E-state index in [2.05, 4.69) is 0 Å². The predicted octanol–water partition coefficient (Wildman–Crippen LogP) is 2.74. The standard InChI is InChI=1S/C16H12ClNO8S/c1-27(22,23)14-3-2-10(6-12(14)18(20)21)16(19)24-7-9-4-11(17)15-13(5-9)25-8-26-15/h2-6H,7-8H2,1H3. The fourth-order valence-electron chi connectivity index (χ4n) is 2.44. The molecular weight excluding hydrogens is 402 g/mol. The third-order valence-corrected chi connectivity index (χ3v) is 5.07. The van der Waals surface area contributed by atoms with Gasteiger partial charge in [0.25, 0.3) is 5.69 Å². The first-order chi connectivity index (χ1) is 12.7. The lowest BCUT2D eigenvalue weighted by molar-refractivity contribution is -0.387. The maximum atomic E-state index is 12.2. The minimum absolute atomic E-state index is 0.0364. The van der Waals surface area contributed by atoms with Crippen molar-refractivity contribution in [3.8, 4) is 11.5 Å². The van der Waals surface area contributed by atoms with Gasteiger partial charge in [-0.2, -0.15) is 0 Å². The Morgan fingerprint density at radius 1 is 1.30 bits per heavy atom. The summed E-state index contributed by atoms with van der Waals surface area (Å²) in [6.45, 7) is -0.133. The van der Waals surface area contributed by atoms with E-state index in [0.717, 1.165) is 24.5 Å². The zero-order chi connectivity index (χ0) is 19.8. The zero-order valence-electron chi connectivity index (χ0n) is 13.8. The summed E-state index contributed by atoms with van der Waals surface area (Å²) in [6, 6.07) is 6.15. The molecule has 0 atom stereocenters. The molecule has 0 fully saturated rings. The SMILES string of the molecule is CS(=O)(=O)c1ccc(C(=O)OCc2cc(Cl)c3c(c2)OCO3)cc1[N+](=O)[O-]. The number of hydrogen-bond acceptors (Lipinski definition) is 8. The normalized spacial score (nSPS) is 12.7. The van der Waals surface area contributed by atoms with Crippen LogP contribution in [0, 0.1) is 10.1 Å². The summed E-state index contributed by atoms with van der Waals surface area (Å²) >= 11 is 6.05. The monoisotopic (exact) mass is 413 g/mol. The number of benzene rings is 2. The largest absolute Gasteiger partial charge is 0.457 e. The van der Waals surface area contributed by atoms with E-state index in [1.807, 2.05) is 0 Å². The maximum Gasteiger partial charge on any atom is 0.338 e. The molecule has 1 heterocycles. The molecule has 1 aliphatic heterocycles. The highest BCUT2D eigenvalue weighted by molar-refractivity contribution is 7.90. The third kappa shape index (κ3) is 3.96. The van der Waals surface area contributed by atoms with Crippen LogP contribution in [0.4, 0.5) is 5.69 Å². The second-order valence-electron chi connectivity index (χ2n) is 5.60. The first-order valence-electron chi connectivity index (χ1n) is 7.40. The Morgan fingerprint density at radius 3 is 2.70 bits per heavy atom. The van der Waals surface area contributed by atoms with Crippen LogP contribution >= 0.6 is 11.6 Å². The molecule has 0 spiro atoms. The van der Waals surface area contributed by atoms with Gasteiger partial charge < -0.3 is 14.2 Å². The van der Waals surface area contributed by atoms with Gasteiger partial charge in [0.2, 0.25) is 6.79 Å². The van der Waals surface area contributed by atoms with Gasteiger partial charge in [0, 0.05) is 12.3 Å². The van der Waals surface area contributed by atoms with Crippen LogP contribution in [-0.4, -0.2) is 32.4 Å². The van der Waals surface area contributed by atoms with Gasteiger partial charge in [-0.1, -0.05) is 11.6 Å². The maximum absolute atomic E-state index is 12.2. The molecule has 142 valence electrons. The quantitative estimate of drug-likeness (QED) is 0.416. The number of sulfone groups is 1. The number of halogens is 1. The van der Waals surface area contributed by atoms with E-state index in [4.69, 9.17) is 25.8 Å². The molecule has 0 radical (unpaired) electrons. The van der Waals surface area contributed by atoms with Crippen molar-refractivity contribution in [2.24, 2.45) is 0 Å². The van der Waals surface area contributed by atoms with Gasteiger partial charge in [-0.25, -0.2) is 13.2 Å². The molecule has 2 aromatic rings. The average molecular weight is 414 g/mol. The Labute approximate surface area is 158 Å². The molecule has 3 rings (SSSR count). The Kier molecular flexibility index (Phi) is 4.94. The van der Waals surface area contributed by atoms with Gasteiger partial charge in [0.05, 0.1) is 15.5 Å². The zero-order valence-corrected chi connectivity index (χ0v) is 15.4. The molecule has 0 aliphatic carbocycles. The first-order valence-corrected chi connectivity index (χ1v) is 9.67. The minimum atomic E-state index is -3.82. The van der Waals surface area contributed by atoms with Crippen LogP contribution in [0.2, 0.25) is 5.02 Å². The molecular formula is C16H12ClNO8S. The van der Waals surface area contributed by atoms with E-state index < -0.39 is 31.3 Å². The number of carbonyl (C=O) groups excluding carboxylic acids is 1. The number of nitrogens with zero attached hydrogens (tertiary/aromatic N) is 1. The second-order valence-corrected chi connectivity index (χ2v) is 7.99. The lowest BCUT2D eigenvalue weighted by atomic mass is 10.2. The molecule has 0 bridgehead atoms. The molecule has 1 aliphatic rings. The summed E-state index contributed by atoms with van der Waals surface area (Å²) in [5, 5.41) is 11.4. The molecule has 0 saturated carbocycles. The lowest BCUT2D eigenvalue weighted by Crippen LogP contribution is -2.08. The molecule has 9 nitrogen and oxygen atoms in total. The van der Waals surface area contributed by atoms with Gasteiger partial charge in [-0.05, 0) is 29.8 Å². The molecule has 0 aromatic heterocycles. The number of hydrogen-bond donors (Lipinski definition) is 0. The molecule has 2 aromatic carbocycles. The van der Waals surface area contributed by atoms with Crippen molar-refractivity contribution >= 4 is 33.1 Å². The number of rotatable bonds is 5. The van der Waals surface area contributed by atoms with Crippen molar-refractivity contribution in [1.29, 1.82) is 0 Å². The van der Waals surface area contributed by atoms with Crippen LogP contribution in [0.1, 0.15) is 15.9 Å². The average Bonchev–Trinajstić information content (AvgIpc) is 3.07. The molecule has 0 N–H and O–H groups in total.